The number of fused-ring (bicyclic) bond motifs is 3. The molecule has 14 heteroatoms. The summed E-state index contributed by atoms with van der Waals surface area (Å²) in [7, 11) is -3.18. The van der Waals surface area contributed by atoms with Gasteiger partial charge in [-0.1, -0.05) is 6.07 Å². The Bertz CT molecular complexity index is 2030. The highest BCUT2D eigenvalue weighted by atomic mass is 32.2. The Morgan fingerprint density at radius 3 is 2.48 bits per heavy atom. The molecule has 6 rings (SSSR count). The van der Waals surface area contributed by atoms with E-state index in [0.29, 0.717) is 47.0 Å². The van der Waals surface area contributed by atoms with Gasteiger partial charge in [-0.25, -0.2) is 32.2 Å². The fourth-order valence-corrected chi connectivity index (χ4v) is 7.18. The van der Waals surface area contributed by atoms with Crippen molar-refractivity contribution in [2.24, 2.45) is 0 Å². The summed E-state index contributed by atoms with van der Waals surface area (Å²) >= 11 is 0. The molecule has 2 fully saturated rings. The van der Waals surface area contributed by atoms with Gasteiger partial charge in [0.1, 0.15) is 35.7 Å². The second-order valence-electron chi connectivity index (χ2n) is 11.2. The molecule has 0 aliphatic carbocycles. The number of methoxy groups -OCH3 is 1. The van der Waals surface area contributed by atoms with Gasteiger partial charge >= 0.3 is 0 Å². The summed E-state index contributed by atoms with van der Waals surface area (Å²) < 4.78 is 69.7. The Hall–Kier alpha value is -4.98. The molecule has 238 valence electrons. The lowest BCUT2D eigenvalue weighted by atomic mass is 9.90. The van der Waals surface area contributed by atoms with Crippen molar-refractivity contribution in [1.82, 2.24) is 19.9 Å². The molecular weight excluding hydrogens is 618 g/mol. The fraction of sp³-hybridized carbons (Fsp3) is 0.281. The Morgan fingerprint density at radius 2 is 1.78 bits per heavy atom. The molecule has 0 spiro atoms. The lowest BCUT2D eigenvalue weighted by molar-refractivity contribution is -0.133. The molecule has 2 unspecified atom stereocenters. The van der Waals surface area contributed by atoms with Gasteiger partial charge in [0.25, 0.3) is 10.0 Å². The first-order chi connectivity index (χ1) is 22.4. The molecule has 1 amide bonds. The van der Waals surface area contributed by atoms with Gasteiger partial charge in [0.15, 0.2) is 5.78 Å². The zero-order chi connectivity index (χ0) is 33.5. The standard InChI is InChI=1S/C32H30F2N6O5S/c1-19(41)6-11-30(42)40-23-4-3-5-24(40)17-39(16-23)31-25-12-20(7-9-27(25)36-18-37-31)21-13-28(32(45-2)35-15-21)38-46(43,44)29-10-8-22(33)14-26(29)34/h6-15,18,23-24,38H,3-5,16-17H2,1-2H3/b11-6+/i18D. The summed E-state index contributed by atoms with van der Waals surface area (Å²) in [5.41, 5.74) is 1.55. The van der Waals surface area contributed by atoms with Crippen molar-refractivity contribution in [2.45, 2.75) is 43.2 Å². The molecule has 0 saturated carbocycles. The van der Waals surface area contributed by atoms with E-state index in [1.165, 1.54) is 38.4 Å². The maximum absolute atomic E-state index is 14.4. The quantitative estimate of drug-likeness (QED) is 0.274. The molecule has 2 aromatic heterocycles. The van der Waals surface area contributed by atoms with Crippen molar-refractivity contribution in [2.75, 3.05) is 29.8 Å². The van der Waals surface area contributed by atoms with E-state index in [2.05, 4.69) is 24.6 Å². The van der Waals surface area contributed by atoms with Gasteiger partial charge in [0.05, 0.1) is 12.6 Å². The van der Waals surface area contributed by atoms with Gasteiger partial charge in [-0.3, -0.25) is 14.3 Å². The summed E-state index contributed by atoms with van der Waals surface area (Å²) in [6.07, 6.45) is 6.46. The number of piperazine rings is 1. The highest BCUT2D eigenvalue weighted by Gasteiger charge is 2.40. The molecule has 2 aromatic carbocycles. The number of halogens is 2. The van der Waals surface area contributed by atoms with E-state index in [9.17, 15) is 26.8 Å². The van der Waals surface area contributed by atoms with E-state index in [-0.39, 0.29) is 41.6 Å². The minimum Gasteiger partial charge on any atom is -0.480 e. The van der Waals surface area contributed by atoms with Crippen LogP contribution in [0.4, 0.5) is 20.3 Å². The number of ketones is 1. The summed E-state index contributed by atoms with van der Waals surface area (Å²) in [6, 6.07) is 8.70. The third-order valence-corrected chi connectivity index (χ3v) is 9.51. The van der Waals surface area contributed by atoms with Crippen LogP contribution >= 0.6 is 0 Å². The average molecular weight is 650 g/mol. The van der Waals surface area contributed by atoms with Crippen LogP contribution in [0.15, 0.2) is 72.0 Å². The third-order valence-electron chi connectivity index (χ3n) is 8.11. The first-order valence-corrected chi connectivity index (χ1v) is 16.0. The predicted octanol–water partition coefficient (Wildman–Crippen LogP) is 4.49. The summed E-state index contributed by atoms with van der Waals surface area (Å²) in [4.78, 5) is 40.6. The van der Waals surface area contributed by atoms with E-state index in [4.69, 9.17) is 6.11 Å². The number of nitrogens with zero attached hydrogens (tertiary/aromatic N) is 5. The molecule has 4 heterocycles. The topological polar surface area (TPSA) is 135 Å². The number of aromatic nitrogens is 3. The number of sulfonamides is 1. The fourth-order valence-electron chi connectivity index (χ4n) is 6.07. The van der Waals surface area contributed by atoms with Gasteiger partial charge in [-0.15, -0.1) is 0 Å². The normalized spacial score (nSPS) is 18.5. The van der Waals surface area contributed by atoms with Crippen LogP contribution in [0.5, 0.6) is 5.88 Å². The van der Waals surface area contributed by atoms with Crippen molar-refractivity contribution in [3.63, 3.8) is 0 Å². The number of carbonyl (C=O) groups excluding carboxylic acids is 2. The molecule has 2 aliphatic rings. The van der Waals surface area contributed by atoms with Gasteiger partial charge in [-0.05, 0) is 68.2 Å². The number of anilines is 2. The van der Waals surface area contributed by atoms with Crippen LogP contribution in [-0.2, 0) is 19.6 Å². The minimum absolute atomic E-state index is 0.0689. The number of rotatable bonds is 8. The maximum Gasteiger partial charge on any atom is 0.264 e. The summed E-state index contributed by atoms with van der Waals surface area (Å²) in [6.45, 7) is 2.34. The van der Waals surface area contributed by atoms with Crippen LogP contribution in [0, 0.1) is 11.6 Å². The molecule has 4 aromatic rings. The summed E-state index contributed by atoms with van der Waals surface area (Å²) in [5.74, 6) is -2.11. The zero-order valence-corrected chi connectivity index (χ0v) is 25.7. The van der Waals surface area contributed by atoms with Crippen molar-refractivity contribution in [3.8, 4) is 17.0 Å². The van der Waals surface area contributed by atoms with Crippen LogP contribution in [0.25, 0.3) is 22.0 Å². The maximum atomic E-state index is 14.4. The van der Waals surface area contributed by atoms with Gasteiger partial charge in [-0.2, -0.15) is 0 Å². The van der Waals surface area contributed by atoms with Crippen LogP contribution in [0.1, 0.15) is 27.6 Å². The van der Waals surface area contributed by atoms with E-state index >= 15 is 0 Å². The summed E-state index contributed by atoms with van der Waals surface area (Å²) in [5, 5.41) is 0.638. The predicted molar refractivity (Wildman–Crippen MR) is 167 cm³/mol. The van der Waals surface area contributed by atoms with Gasteiger partial charge in [0, 0.05) is 54.5 Å². The molecule has 2 atom stereocenters. The highest BCUT2D eigenvalue weighted by Crippen LogP contribution is 2.36. The third kappa shape index (κ3) is 6.12. The van der Waals surface area contributed by atoms with E-state index < -0.39 is 26.6 Å². The largest absolute Gasteiger partial charge is 0.480 e. The molecule has 2 saturated heterocycles. The van der Waals surface area contributed by atoms with Crippen molar-refractivity contribution < 1.29 is 32.9 Å². The van der Waals surface area contributed by atoms with Crippen LogP contribution in [0.2, 0.25) is 0 Å². The van der Waals surface area contributed by atoms with E-state index in [1.807, 2.05) is 11.0 Å². The lowest BCUT2D eigenvalue weighted by Gasteiger charge is -2.50. The zero-order valence-electron chi connectivity index (χ0n) is 25.9. The average Bonchev–Trinajstić information content (AvgIpc) is 3.02. The second kappa shape index (κ2) is 12.4. The van der Waals surface area contributed by atoms with Crippen molar-refractivity contribution in [1.29, 1.82) is 0 Å². The minimum atomic E-state index is -4.49. The van der Waals surface area contributed by atoms with Gasteiger partial charge in [0.2, 0.25) is 11.8 Å². The van der Waals surface area contributed by atoms with Gasteiger partial charge < -0.3 is 14.5 Å². The first kappa shape index (κ1) is 29.7. The molecule has 46 heavy (non-hydrogen) atoms. The monoisotopic (exact) mass is 649 g/mol. The van der Waals surface area contributed by atoms with Crippen LogP contribution < -0.4 is 14.4 Å². The number of carbonyl (C=O) groups is 2. The number of hydrogen-bond acceptors (Lipinski definition) is 9. The highest BCUT2D eigenvalue weighted by molar-refractivity contribution is 7.92. The SMILES string of the molecule is [2H]c1nc(N2CC3CCCC(C2)N3C(=O)/C=C/C(C)=O)c2cc(-c3cnc(OC)c(NS(=O)(=O)c4ccc(F)cc4F)c3)ccc2n1. The lowest BCUT2D eigenvalue weighted by Crippen LogP contribution is -2.62. The Balaban J connectivity index is 1.35. The van der Waals surface area contributed by atoms with Crippen LogP contribution in [-0.4, -0.2) is 72.2 Å². The second-order valence-corrected chi connectivity index (χ2v) is 12.8. The molecular formula is C32H30F2N6O5S. The van der Waals surface area contributed by atoms with Crippen LogP contribution in [0.3, 0.4) is 0 Å². The Morgan fingerprint density at radius 1 is 1.02 bits per heavy atom. The number of amides is 1. The molecule has 2 aliphatic heterocycles. The number of benzene rings is 2. The van der Waals surface area contributed by atoms with E-state index in [0.717, 1.165) is 31.4 Å². The Kier molecular flexibility index (Phi) is 8.03. The smallest absolute Gasteiger partial charge is 0.264 e. The number of piperidine rings is 1. The van der Waals surface area contributed by atoms with E-state index in [1.54, 1.807) is 12.1 Å². The molecule has 1 N–H and O–H groups in total. The van der Waals surface area contributed by atoms with Crippen molar-refractivity contribution >= 4 is 44.1 Å². The molecule has 11 nitrogen and oxygen atoms in total. The number of pyridine rings is 1. The van der Waals surface area contributed by atoms with Crippen molar-refractivity contribution in [3.05, 3.63) is 78.8 Å². The number of allylic oxidation sites excluding steroid dienone is 1. The molecule has 2 bridgehead atoms. The number of ether oxygens (including phenoxy) is 1. The number of hydrogen-bond donors (Lipinski definition) is 1. The molecule has 0 radical (unpaired) electrons. The Labute approximate surface area is 265 Å². The first-order valence-electron chi connectivity index (χ1n) is 15.0. The number of nitrogens with one attached hydrogen (secondary N) is 1.